The van der Waals surface area contributed by atoms with Gasteiger partial charge in [0, 0.05) is 12.4 Å². The molecule has 0 radical (unpaired) electrons. The molecule has 0 bridgehead atoms. The van der Waals surface area contributed by atoms with Gasteiger partial charge in [0.1, 0.15) is 29.3 Å². The number of rotatable bonds is 8. The highest BCUT2D eigenvalue weighted by Gasteiger charge is 2.28. The molecule has 9 heteroatoms. The zero-order chi connectivity index (χ0) is 21.9. The molecule has 0 saturated heterocycles. The van der Waals surface area contributed by atoms with Crippen LogP contribution in [0, 0.1) is 5.92 Å². The number of ether oxygens (including phenoxy) is 2. The van der Waals surface area contributed by atoms with Gasteiger partial charge in [-0.3, -0.25) is 14.4 Å². The second kappa shape index (κ2) is 8.85. The Balaban J connectivity index is 2.37. The molecule has 1 heterocycles. The third-order valence-corrected chi connectivity index (χ3v) is 4.76. The third kappa shape index (κ3) is 4.44. The Kier molecular flexibility index (Phi) is 6.73. The molecule has 29 heavy (non-hydrogen) atoms. The Labute approximate surface area is 169 Å². The summed E-state index contributed by atoms with van der Waals surface area (Å²) in [5.74, 6) is -1.26. The van der Waals surface area contributed by atoms with E-state index in [9.17, 15) is 14.4 Å². The first-order valence-corrected chi connectivity index (χ1v) is 9.16. The van der Waals surface area contributed by atoms with Gasteiger partial charge >= 0.3 is 5.97 Å². The largest absolute Gasteiger partial charge is 0.496 e. The molecule has 3 N–H and O–H groups in total. The molecule has 0 spiro atoms. The Morgan fingerprint density at radius 1 is 1.03 bits per heavy atom. The summed E-state index contributed by atoms with van der Waals surface area (Å²) >= 11 is 0. The van der Waals surface area contributed by atoms with Gasteiger partial charge in [-0.15, -0.1) is 0 Å². The quantitative estimate of drug-likeness (QED) is 0.613. The van der Waals surface area contributed by atoms with Gasteiger partial charge < -0.3 is 29.8 Å². The number of nitrogens with zero attached hydrogens (tertiary/aromatic N) is 1. The number of carboxylic acid groups (broad SMARTS) is 1. The van der Waals surface area contributed by atoms with Gasteiger partial charge in [-0.2, -0.15) is 0 Å². The van der Waals surface area contributed by atoms with Crippen LogP contribution >= 0.6 is 0 Å². The molecule has 158 valence electrons. The molecule has 9 nitrogen and oxygen atoms in total. The summed E-state index contributed by atoms with van der Waals surface area (Å²) in [5, 5.41) is 14.8. The minimum Gasteiger partial charge on any atom is -0.496 e. The summed E-state index contributed by atoms with van der Waals surface area (Å²) in [6, 6.07) is 3.21. The van der Waals surface area contributed by atoms with Crippen LogP contribution in [0.15, 0.2) is 18.2 Å². The van der Waals surface area contributed by atoms with Crippen molar-refractivity contribution in [3.63, 3.8) is 0 Å². The number of aryl methyl sites for hydroxylation is 1. The number of carbonyl (C=O) groups excluding carboxylic acids is 2. The Bertz CT molecular complexity index is 934. The monoisotopic (exact) mass is 405 g/mol. The van der Waals surface area contributed by atoms with Crippen LogP contribution in [0.4, 0.5) is 0 Å². The van der Waals surface area contributed by atoms with Crippen molar-refractivity contribution < 1.29 is 29.0 Å². The fourth-order valence-electron chi connectivity index (χ4n) is 3.08. The lowest BCUT2D eigenvalue weighted by Crippen LogP contribution is -2.53. The first kappa shape index (κ1) is 22.1. The maximum Gasteiger partial charge on any atom is 0.325 e. The molecule has 0 saturated carbocycles. The fourth-order valence-corrected chi connectivity index (χ4v) is 3.08. The van der Waals surface area contributed by atoms with E-state index in [1.165, 1.54) is 21.1 Å². The highest BCUT2D eigenvalue weighted by atomic mass is 16.5. The molecule has 0 aliphatic carbocycles. The van der Waals surface area contributed by atoms with Crippen molar-refractivity contribution in [2.75, 3.05) is 14.2 Å². The van der Waals surface area contributed by atoms with Gasteiger partial charge in [-0.05, 0) is 31.0 Å². The van der Waals surface area contributed by atoms with Gasteiger partial charge in [0.15, 0.2) is 0 Å². The number of fused-ring (bicyclic) bond motifs is 1. The van der Waals surface area contributed by atoms with Crippen LogP contribution in [0.3, 0.4) is 0 Å². The minimum atomic E-state index is -1.15. The van der Waals surface area contributed by atoms with Crippen molar-refractivity contribution in [2.24, 2.45) is 13.0 Å². The predicted molar refractivity (Wildman–Crippen MR) is 107 cm³/mol. The molecule has 2 rings (SSSR count). The van der Waals surface area contributed by atoms with Gasteiger partial charge in [0.2, 0.25) is 5.91 Å². The number of aromatic nitrogens is 1. The second-order valence-corrected chi connectivity index (χ2v) is 7.08. The van der Waals surface area contributed by atoms with Crippen LogP contribution in [-0.2, 0) is 16.6 Å². The van der Waals surface area contributed by atoms with E-state index >= 15 is 0 Å². The van der Waals surface area contributed by atoms with Crippen molar-refractivity contribution in [1.82, 2.24) is 15.2 Å². The van der Waals surface area contributed by atoms with Crippen molar-refractivity contribution in [2.45, 2.75) is 32.9 Å². The first-order chi connectivity index (χ1) is 13.6. The zero-order valence-corrected chi connectivity index (χ0v) is 17.4. The summed E-state index contributed by atoms with van der Waals surface area (Å²) in [4.78, 5) is 36.5. The van der Waals surface area contributed by atoms with Crippen LogP contribution in [-0.4, -0.2) is 53.8 Å². The van der Waals surface area contributed by atoms with Crippen molar-refractivity contribution in [1.29, 1.82) is 0 Å². The van der Waals surface area contributed by atoms with E-state index < -0.39 is 29.9 Å². The van der Waals surface area contributed by atoms with E-state index in [-0.39, 0.29) is 5.92 Å². The van der Waals surface area contributed by atoms with Crippen molar-refractivity contribution in [3.05, 3.63) is 23.9 Å². The smallest absolute Gasteiger partial charge is 0.325 e. The normalized spacial score (nSPS) is 13.1. The van der Waals surface area contributed by atoms with E-state index in [1.807, 2.05) is 0 Å². The third-order valence-electron chi connectivity index (χ3n) is 4.76. The molecule has 0 fully saturated rings. The second-order valence-electron chi connectivity index (χ2n) is 7.08. The fraction of sp³-hybridized carbons (Fsp3) is 0.450. The van der Waals surface area contributed by atoms with Gasteiger partial charge in [0.05, 0.1) is 19.7 Å². The Morgan fingerprint density at radius 3 is 2.14 bits per heavy atom. The van der Waals surface area contributed by atoms with Gasteiger partial charge in [-0.1, -0.05) is 13.8 Å². The SMILES string of the molecule is COc1ccc(OC)c2c1cc(C(=O)NC(C(=O)NC(C)C(=O)O)C(C)C)n2C. The number of nitrogens with one attached hydrogen (secondary N) is 2. The topological polar surface area (TPSA) is 119 Å². The summed E-state index contributed by atoms with van der Waals surface area (Å²) in [6.07, 6.45) is 0. The Hall–Kier alpha value is -3.23. The molecule has 0 aliphatic rings. The van der Waals surface area contributed by atoms with Crippen molar-refractivity contribution >= 4 is 28.7 Å². The molecule has 2 unspecified atom stereocenters. The number of carbonyl (C=O) groups is 3. The summed E-state index contributed by atoms with van der Waals surface area (Å²) < 4.78 is 12.4. The van der Waals surface area contributed by atoms with Crippen LogP contribution in [0.5, 0.6) is 11.5 Å². The number of benzene rings is 1. The van der Waals surface area contributed by atoms with Crippen LogP contribution < -0.4 is 20.1 Å². The lowest BCUT2D eigenvalue weighted by Gasteiger charge is -2.23. The molecule has 2 amide bonds. The summed E-state index contributed by atoms with van der Waals surface area (Å²) in [5.41, 5.74) is 0.995. The lowest BCUT2D eigenvalue weighted by atomic mass is 10.0. The van der Waals surface area contributed by atoms with Crippen molar-refractivity contribution in [3.8, 4) is 11.5 Å². The molecule has 2 aromatic rings. The van der Waals surface area contributed by atoms with Crippen LogP contribution in [0.1, 0.15) is 31.3 Å². The average Bonchev–Trinajstić information content (AvgIpc) is 3.02. The van der Waals surface area contributed by atoms with E-state index in [0.717, 1.165) is 0 Å². The van der Waals surface area contributed by atoms with E-state index in [0.29, 0.717) is 28.1 Å². The van der Waals surface area contributed by atoms with E-state index in [1.54, 1.807) is 43.7 Å². The summed E-state index contributed by atoms with van der Waals surface area (Å²) in [6.45, 7) is 4.90. The zero-order valence-electron chi connectivity index (χ0n) is 17.4. The number of carboxylic acids is 1. The molecule has 0 aliphatic heterocycles. The molecule has 1 aromatic heterocycles. The molecule has 1 aromatic carbocycles. The Morgan fingerprint density at radius 2 is 1.62 bits per heavy atom. The standard InChI is InChI=1S/C20H27N3O6/c1-10(2)16(19(25)21-11(3)20(26)27)22-18(24)13-9-12-14(28-5)7-8-15(29-6)17(12)23(13)4/h7-11,16H,1-6H3,(H,21,25)(H,22,24)(H,26,27). The summed E-state index contributed by atoms with van der Waals surface area (Å²) in [7, 11) is 4.80. The number of hydrogen-bond acceptors (Lipinski definition) is 5. The van der Waals surface area contributed by atoms with E-state index in [2.05, 4.69) is 10.6 Å². The molecular formula is C20H27N3O6. The number of amides is 2. The average molecular weight is 405 g/mol. The maximum absolute atomic E-state index is 13.0. The maximum atomic E-state index is 13.0. The van der Waals surface area contributed by atoms with Crippen LogP contribution in [0.2, 0.25) is 0 Å². The highest BCUT2D eigenvalue weighted by molar-refractivity contribution is 6.03. The minimum absolute atomic E-state index is 0.251. The molecular weight excluding hydrogens is 378 g/mol. The molecule has 2 atom stereocenters. The van der Waals surface area contributed by atoms with Crippen LogP contribution in [0.25, 0.3) is 10.9 Å². The number of methoxy groups -OCH3 is 2. The first-order valence-electron chi connectivity index (χ1n) is 9.16. The number of hydrogen-bond donors (Lipinski definition) is 3. The van der Waals surface area contributed by atoms with Gasteiger partial charge in [0.25, 0.3) is 5.91 Å². The van der Waals surface area contributed by atoms with Gasteiger partial charge in [-0.25, -0.2) is 0 Å². The number of aliphatic carboxylic acids is 1. The predicted octanol–water partition coefficient (Wildman–Crippen LogP) is 1.54. The lowest BCUT2D eigenvalue weighted by molar-refractivity contribution is -0.141. The highest BCUT2D eigenvalue weighted by Crippen LogP contribution is 2.35. The van der Waals surface area contributed by atoms with E-state index in [4.69, 9.17) is 14.6 Å².